The average Bonchev–Trinajstić information content (AvgIpc) is 2.90. The molecule has 0 N–H and O–H groups in total. The third-order valence-electron chi connectivity index (χ3n) is 5.19. The maximum atomic E-state index is 12.9. The Bertz CT molecular complexity index is 787. The van der Waals surface area contributed by atoms with Crippen molar-refractivity contribution in [3.63, 3.8) is 0 Å². The van der Waals surface area contributed by atoms with E-state index in [9.17, 15) is 23.6 Å². The molecule has 150 valence electrons. The van der Waals surface area contributed by atoms with E-state index >= 15 is 0 Å². The van der Waals surface area contributed by atoms with Crippen LogP contribution < -0.4 is 0 Å². The second-order valence-electron chi connectivity index (χ2n) is 6.98. The number of alkyl halides is 2. The molecule has 1 aromatic rings. The van der Waals surface area contributed by atoms with Crippen molar-refractivity contribution in [1.82, 2.24) is 4.90 Å². The lowest BCUT2D eigenvalue weighted by molar-refractivity contribution is -0.157. The predicted octanol–water partition coefficient (Wildman–Crippen LogP) is 2.86. The molecule has 2 fully saturated rings. The summed E-state index contributed by atoms with van der Waals surface area (Å²) < 4.78 is 17.9. The van der Waals surface area contributed by atoms with Gasteiger partial charge in [-0.3, -0.25) is 19.3 Å². The van der Waals surface area contributed by atoms with Crippen LogP contribution in [0.15, 0.2) is 24.3 Å². The standard InChI is InChI=1S/C19H18Br2FNO5/c1-9(19(27)28-8-16(24)10-2-4-11(22)5-3-10)23-17(25)12-6-14(20)15(21)7-13(12)18(23)26/h2-5,9,12-15H,6-8H2,1H3/t9-,12-,13+,14+,15-/m1/s1. The second-order valence-corrected chi connectivity index (χ2v) is 9.33. The van der Waals surface area contributed by atoms with Gasteiger partial charge < -0.3 is 4.74 Å². The van der Waals surface area contributed by atoms with Crippen molar-refractivity contribution in [3.8, 4) is 0 Å². The summed E-state index contributed by atoms with van der Waals surface area (Å²) in [5, 5.41) is 0. The number of benzene rings is 1. The number of rotatable bonds is 5. The van der Waals surface area contributed by atoms with Crippen molar-refractivity contribution in [2.45, 2.75) is 35.5 Å². The van der Waals surface area contributed by atoms with E-state index in [-0.39, 0.29) is 27.0 Å². The smallest absolute Gasteiger partial charge is 0.329 e. The summed E-state index contributed by atoms with van der Waals surface area (Å²) in [5.74, 6) is -3.49. The summed E-state index contributed by atoms with van der Waals surface area (Å²) in [6, 6.07) is 3.74. The van der Waals surface area contributed by atoms with Gasteiger partial charge in [0.2, 0.25) is 11.8 Å². The van der Waals surface area contributed by atoms with Crippen LogP contribution in [0.3, 0.4) is 0 Å². The number of carbonyl (C=O) groups excluding carboxylic acids is 4. The summed E-state index contributed by atoms with van der Waals surface area (Å²) in [5.41, 5.74) is 0.202. The Morgan fingerprint density at radius 1 is 1.11 bits per heavy atom. The number of imide groups is 1. The number of halogens is 3. The monoisotopic (exact) mass is 517 g/mol. The van der Waals surface area contributed by atoms with Crippen LogP contribution in [0.25, 0.3) is 0 Å². The van der Waals surface area contributed by atoms with Crippen molar-refractivity contribution in [2.24, 2.45) is 11.8 Å². The lowest BCUT2D eigenvalue weighted by Gasteiger charge is -2.29. The average molecular weight is 519 g/mol. The second kappa shape index (κ2) is 8.41. The summed E-state index contributed by atoms with van der Waals surface area (Å²) in [6.07, 6.45) is 1.01. The van der Waals surface area contributed by atoms with Gasteiger partial charge in [-0.25, -0.2) is 9.18 Å². The lowest BCUT2D eigenvalue weighted by Crippen LogP contribution is -2.44. The van der Waals surface area contributed by atoms with Crippen LogP contribution in [0.4, 0.5) is 4.39 Å². The van der Waals surface area contributed by atoms with Crippen LogP contribution in [0.5, 0.6) is 0 Å². The molecule has 5 atom stereocenters. The molecule has 0 spiro atoms. The number of ketones is 1. The van der Waals surface area contributed by atoms with E-state index in [1.807, 2.05) is 0 Å². The zero-order chi connectivity index (χ0) is 20.6. The molecule has 1 aromatic carbocycles. The fraction of sp³-hybridized carbons (Fsp3) is 0.474. The minimum atomic E-state index is -1.12. The summed E-state index contributed by atoms with van der Waals surface area (Å²) in [4.78, 5) is 50.9. The number of hydrogen-bond acceptors (Lipinski definition) is 5. The van der Waals surface area contributed by atoms with Gasteiger partial charge in [0.15, 0.2) is 12.4 Å². The van der Waals surface area contributed by atoms with Gasteiger partial charge in [-0.05, 0) is 44.0 Å². The van der Waals surface area contributed by atoms with Gasteiger partial charge in [-0.1, -0.05) is 31.9 Å². The first-order chi connectivity index (χ1) is 13.2. The van der Waals surface area contributed by atoms with Crippen LogP contribution >= 0.6 is 31.9 Å². The van der Waals surface area contributed by atoms with Gasteiger partial charge in [0.25, 0.3) is 0 Å². The first-order valence-corrected chi connectivity index (χ1v) is 10.6. The first kappa shape index (κ1) is 21.1. The van der Waals surface area contributed by atoms with Crippen molar-refractivity contribution < 1.29 is 28.3 Å². The molecule has 9 heteroatoms. The van der Waals surface area contributed by atoms with E-state index in [4.69, 9.17) is 4.74 Å². The Hall–Kier alpha value is -1.61. The molecule has 1 aliphatic carbocycles. The molecule has 6 nitrogen and oxygen atoms in total. The van der Waals surface area contributed by atoms with Gasteiger partial charge in [0, 0.05) is 15.2 Å². The molecule has 1 heterocycles. The van der Waals surface area contributed by atoms with Gasteiger partial charge in [-0.2, -0.15) is 0 Å². The summed E-state index contributed by atoms with van der Waals surface area (Å²) in [7, 11) is 0. The Kier molecular flexibility index (Phi) is 6.34. The Morgan fingerprint density at radius 3 is 2.11 bits per heavy atom. The maximum Gasteiger partial charge on any atom is 0.329 e. The molecule has 2 amide bonds. The number of nitrogens with zero attached hydrogens (tertiary/aromatic N) is 1. The molecular weight excluding hydrogens is 501 g/mol. The third kappa shape index (κ3) is 4.05. The van der Waals surface area contributed by atoms with Crippen LogP contribution in [0.1, 0.15) is 30.1 Å². The predicted molar refractivity (Wildman–Crippen MR) is 105 cm³/mol. The number of amides is 2. The van der Waals surface area contributed by atoms with Gasteiger partial charge in [0.05, 0.1) is 11.8 Å². The first-order valence-electron chi connectivity index (χ1n) is 8.81. The number of ether oxygens (including phenoxy) is 1. The zero-order valence-corrected chi connectivity index (χ0v) is 18.1. The summed E-state index contributed by atoms with van der Waals surface area (Å²) in [6.45, 7) is 0.861. The molecule has 0 unspecified atom stereocenters. The topological polar surface area (TPSA) is 80.8 Å². The van der Waals surface area contributed by atoms with Crippen molar-refractivity contribution in [2.75, 3.05) is 6.61 Å². The SMILES string of the molecule is C[C@H](C(=O)OCC(=O)c1ccc(F)cc1)N1C(=O)[C@H]2C[C@@H](Br)[C@@H](Br)C[C@H]2C1=O. The highest BCUT2D eigenvalue weighted by molar-refractivity contribution is 9.12. The van der Waals surface area contributed by atoms with Crippen LogP contribution in [0.2, 0.25) is 0 Å². The number of likely N-dealkylation sites (tertiary alicyclic amines) is 1. The van der Waals surface area contributed by atoms with Crippen molar-refractivity contribution in [1.29, 1.82) is 0 Å². The molecule has 3 rings (SSSR count). The molecule has 0 aromatic heterocycles. The number of carbonyl (C=O) groups is 4. The molecule has 0 bridgehead atoms. The van der Waals surface area contributed by atoms with Crippen LogP contribution in [-0.2, 0) is 19.1 Å². The Morgan fingerprint density at radius 2 is 1.61 bits per heavy atom. The largest absolute Gasteiger partial charge is 0.456 e. The lowest BCUT2D eigenvalue weighted by atomic mass is 9.81. The van der Waals surface area contributed by atoms with E-state index in [1.54, 1.807) is 0 Å². The number of hydrogen-bond donors (Lipinski definition) is 0. The fourth-order valence-corrected chi connectivity index (χ4v) is 4.82. The van der Waals surface area contributed by atoms with Crippen molar-refractivity contribution in [3.05, 3.63) is 35.6 Å². The highest BCUT2D eigenvalue weighted by Crippen LogP contribution is 2.43. The number of Topliss-reactive ketones (excluding diaryl/α,β-unsaturated/α-hetero) is 1. The highest BCUT2D eigenvalue weighted by atomic mass is 79.9. The Balaban J connectivity index is 1.63. The fourth-order valence-electron chi connectivity index (χ4n) is 3.58. The summed E-state index contributed by atoms with van der Waals surface area (Å²) >= 11 is 7.02. The Labute approximate surface area is 178 Å². The minimum Gasteiger partial charge on any atom is -0.456 e. The number of fused-ring (bicyclic) bond motifs is 1. The van der Waals surface area contributed by atoms with E-state index in [0.717, 1.165) is 17.0 Å². The number of esters is 1. The zero-order valence-electron chi connectivity index (χ0n) is 14.9. The normalized spacial score (nSPS) is 28.1. The van der Waals surface area contributed by atoms with Gasteiger partial charge in [0.1, 0.15) is 11.9 Å². The van der Waals surface area contributed by atoms with Crippen molar-refractivity contribution >= 4 is 55.4 Å². The van der Waals surface area contributed by atoms with Crippen LogP contribution in [0, 0.1) is 17.7 Å². The van der Waals surface area contributed by atoms with Crippen LogP contribution in [-0.4, -0.2) is 50.8 Å². The maximum absolute atomic E-state index is 12.9. The highest BCUT2D eigenvalue weighted by Gasteiger charge is 2.54. The molecule has 1 saturated carbocycles. The molecule has 2 aliphatic rings. The van der Waals surface area contributed by atoms with Gasteiger partial charge in [-0.15, -0.1) is 0 Å². The van der Waals surface area contributed by atoms with Gasteiger partial charge >= 0.3 is 5.97 Å². The molecular formula is C19H18Br2FNO5. The van der Waals surface area contributed by atoms with E-state index < -0.39 is 42.1 Å². The van der Waals surface area contributed by atoms with E-state index in [1.165, 1.54) is 19.1 Å². The minimum absolute atomic E-state index is 0.0704. The third-order valence-corrected chi connectivity index (χ3v) is 7.92. The quantitative estimate of drug-likeness (QED) is 0.259. The molecule has 1 saturated heterocycles. The molecule has 0 radical (unpaired) electrons. The molecule has 1 aliphatic heterocycles. The molecule has 28 heavy (non-hydrogen) atoms. The van der Waals surface area contributed by atoms with E-state index in [0.29, 0.717) is 12.8 Å². The van der Waals surface area contributed by atoms with E-state index in [2.05, 4.69) is 31.9 Å².